The van der Waals surface area contributed by atoms with Gasteiger partial charge < -0.3 is 19.7 Å². The predicted octanol–water partition coefficient (Wildman–Crippen LogP) is 3.39. The third-order valence-corrected chi connectivity index (χ3v) is 4.81. The number of ether oxygens (including phenoxy) is 2. The minimum absolute atomic E-state index is 0.112. The highest BCUT2D eigenvalue weighted by Gasteiger charge is 2.14. The Bertz CT molecular complexity index is 877. The number of para-hydroxylation sites is 1. The third kappa shape index (κ3) is 3.83. The molecule has 0 fully saturated rings. The Labute approximate surface area is 150 Å². The lowest BCUT2D eigenvalue weighted by Gasteiger charge is -2.15. The standard InChI is InChI=1S/C18H19N3O3S/c1-21(11-16(22)19-12-7-9-13(23-2)10-8-12)18-20-17-14(24-3)5-4-6-15(17)25-18/h4-10H,11H2,1-3H3,(H,19,22). The van der Waals surface area contributed by atoms with E-state index in [1.165, 1.54) is 11.3 Å². The molecule has 1 N–H and O–H groups in total. The average molecular weight is 357 g/mol. The van der Waals surface area contributed by atoms with Crippen LogP contribution < -0.4 is 19.7 Å². The molecule has 0 saturated carbocycles. The molecule has 0 aliphatic rings. The fourth-order valence-electron chi connectivity index (χ4n) is 2.40. The number of thiazole rings is 1. The lowest BCUT2D eigenvalue weighted by Crippen LogP contribution is -2.29. The van der Waals surface area contributed by atoms with Crippen LogP contribution in [-0.2, 0) is 4.79 Å². The van der Waals surface area contributed by atoms with Crippen LogP contribution in [0.25, 0.3) is 10.2 Å². The van der Waals surface area contributed by atoms with Gasteiger partial charge in [-0.05, 0) is 36.4 Å². The Kier molecular flexibility index (Phi) is 5.04. The van der Waals surface area contributed by atoms with E-state index in [2.05, 4.69) is 10.3 Å². The van der Waals surface area contributed by atoms with E-state index >= 15 is 0 Å². The largest absolute Gasteiger partial charge is 0.497 e. The fourth-order valence-corrected chi connectivity index (χ4v) is 3.34. The summed E-state index contributed by atoms with van der Waals surface area (Å²) in [5.41, 5.74) is 1.54. The summed E-state index contributed by atoms with van der Waals surface area (Å²) in [7, 11) is 5.08. The number of nitrogens with zero attached hydrogens (tertiary/aromatic N) is 2. The summed E-state index contributed by atoms with van der Waals surface area (Å²) in [6.07, 6.45) is 0. The maximum absolute atomic E-state index is 12.3. The van der Waals surface area contributed by atoms with Crippen molar-refractivity contribution in [3.05, 3.63) is 42.5 Å². The maximum atomic E-state index is 12.3. The first-order chi connectivity index (χ1) is 12.1. The molecule has 0 aliphatic carbocycles. The molecular weight excluding hydrogens is 338 g/mol. The minimum Gasteiger partial charge on any atom is -0.497 e. The van der Waals surface area contributed by atoms with Gasteiger partial charge in [0, 0.05) is 12.7 Å². The molecule has 7 heteroatoms. The first-order valence-corrected chi connectivity index (χ1v) is 8.51. The summed E-state index contributed by atoms with van der Waals surface area (Å²) >= 11 is 1.53. The molecule has 3 rings (SSSR count). The Morgan fingerprint density at radius 1 is 1.16 bits per heavy atom. The average Bonchev–Trinajstić information content (AvgIpc) is 3.06. The van der Waals surface area contributed by atoms with Crippen molar-refractivity contribution in [2.75, 3.05) is 38.0 Å². The Balaban J connectivity index is 1.68. The van der Waals surface area contributed by atoms with Gasteiger partial charge in [0.25, 0.3) is 0 Å². The Morgan fingerprint density at radius 2 is 1.92 bits per heavy atom. The highest BCUT2D eigenvalue weighted by Crippen LogP contribution is 2.33. The van der Waals surface area contributed by atoms with Crippen molar-refractivity contribution in [2.24, 2.45) is 0 Å². The van der Waals surface area contributed by atoms with Gasteiger partial charge in [-0.1, -0.05) is 17.4 Å². The normalized spacial score (nSPS) is 10.5. The van der Waals surface area contributed by atoms with E-state index in [0.717, 1.165) is 32.5 Å². The van der Waals surface area contributed by atoms with Crippen LogP contribution in [0.5, 0.6) is 11.5 Å². The number of hydrogen-bond acceptors (Lipinski definition) is 6. The van der Waals surface area contributed by atoms with Crippen LogP contribution in [0, 0.1) is 0 Å². The van der Waals surface area contributed by atoms with Crippen LogP contribution in [0.1, 0.15) is 0 Å². The molecule has 1 heterocycles. The van der Waals surface area contributed by atoms with Gasteiger partial charge in [-0.2, -0.15) is 0 Å². The van der Waals surface area contributed by atoms with Gasteiger partial charge in [0.1, 0.15) is 17.0 Å². The quantitative estimate of drug-likeness (QED) is 0.733. The van der Waals surface area contributed by atoms with E-state index < -0.39 is 0 Å². The highest BCUT2D eigenvalue weighted by atomic mass is 32.1. The zero-order valence-corrected chi connectivity index (χ0v) is 15.1. The van der Waals surface area contributed by atoms with E-state index in [9.17, 15) is 4.79 Å². The number of nitrogens with one attached hydrogen (secondary N) is 1. The topological polar surface area (TPSA) is 63.7 Å². The van der Waals surface area contributed by atoms with Crippen LogP contribution in [-0.4, -0.2) is 38.7 Å². The monoisotopic (exact) mass is 357 g/mol. The second-order valence-electron chi connectivity index (χ2n) is 5.44. The van der Waals surface area contributed by atoms with Crippen molar-refractivity contribution < 1.29 is 14.3 Å². The van der Waals surface area contributed by atoms with Crippen molar-refractivity contribution in [3.63, 3.8) is 0 Å². The van der Waals surface area contributed by atoms with Crippen molar-refractivity contribution in [3.8, 4) is 11.5 Å². The van der Waals surface area contributed by atoms with Gasteiger partial charge >= 0.3 is 0 Å². The molecule has 1 aromatic heterocycles. The Hall–Kier alpha value is -2.80. The van der Waals surface area contributed by atoms with Crippen molar-refractivity contribution in [1.29, 1.82) is 0 Å². The van der Waals surface area contributed by atoms with Crippen molar-refractivity contribution >= 4 is 38.3 Å². The smallest absolute Gasteiger partial charge is 0.243 e. The molecule has 25 heavy (non-hydrogen) atoms. The van der Waals surface area contributed by atoms with Gasteiger partial charge in [0.2, 0.25) is 5.91 Å². The molecule has 0 aliphatic heterocycles. The third-order valence-electron chi connectivity index (χ3n) is 3.67. The zero-order chi connectivity index (χ0) is 17.8. The molecular formula is C18H19N3O3S. The number of methoxy groups -OCH3 is 2. The lowest BCUT2D eigenvalue weighted by atomic mass is 10.3. The summed E-state index contributed by atoms with van der Waals surface area (Å²) in [4.78, 5) is 18.7. The Morgan fingerprint density at radius 3 is 2.60 bits per heavy atom. The number of hydrogen-bond donors (Lipinski definition) is 1. The number of rotatable bonds is 6. The van der Waals surface area contributed by atoms with Crippen molar-refractivity contribution in [2.45, 2.75) is 0 Å². The second-order valence-corrected chi connectivity index (χ2v) is 6.45. The zero-order valence-electron chi connectivity index (χ0n) is 14.3. The van der Waals surface area contributed by atoms with E-state index in [-0.39, 0.29) is 12.5 Å². The van der Waals surface area contributed by atoms with Crippen LogP contribution in [0.15, 0.2) is 42.5 Å². The number of likely N-dealkylation sites (N-methyl/N-ethyl adjacent to an activating group) is 1. The first kappa shape index (κ1) is 17.0. The second kappa shape index (κ2) is 7.40. The molecule has 0 unspecified atom stereocenters. The van der Waals surface area contributed by atoms with Gasteiger partial charge in [-0.3, -0.25) is 4.79 Å². The molecule has 130 valence electrons. The number of aromatic nitrogens is 1. The summed E-state index contributed by atoms with van der Waals surface area (Å²) in [5.74, 6) is 1.37. The van der Waals surface area contributed by atoms with E-state index in [1.807, 2.05) is 30.1 Å². The van der Waals surface area contributed by atoms with Gasteiger partial charge in [0.15, 0.2) is 5.13 Å². The molecule has 6 nitrogen and oxygen atoms in total. The number of carbonyl (C=O) groups is 1. The first-order valence-electron chi connectivity index (χ1n) is 7.69. The molecule has 3 aromatic rings. The number of amides is 1. The van der Waals surface area contributed by atoms with Gasteiger partial charge in [0.05, 0.1) is 25.5 Å². The minimum atomic E-state index is -0.112. The highest BCUT2D eigenvalue weighted by molar-refractivity contribution is 7.22. The van der Waals surface area contributed by atoms with Crippen molar-refractivity contribution in [1.82, 2.24) is 4.98 Å². The van der Waals surface area contributed by atoms with Crippen LogP contribution in [0.3, 0.4) is 0 Å². The van der Waals surface area contributed by atoms with E-state index in [4.69, 9.17) is 9.47 Å². The number of carbonyl (C=O) groups excluding carboxylic acids is 1. The summed E-state index contributed by atoms with van der Waals surface area (Å²) < 4.78 is 11.5. The fraction of sp³-hybridized carbons (Fsp3) is 0.222. The van der Waals surface area contributed by atoms with E-state index in [0.29, 0.717) is 0 Å². The number of anilines is 2. The van der Waals surface area contributed by atoms with Gasteiger partial charge in [-0.15, -0.1) is 0 Å². The van der Waals surface area contributed by atoms with Crippen LogP contribution in [0.4, 0.5) is 10.8 Å². The summed E-state index contributed by atoms with van der Waals surface area (Å²) in [6, 6.07) is 13.0. The molecule has 0 radical (unpaired) electrons. The van der Waals surface area contributed by atoms with Crippen LogP contribution in [0.2, 0.25) is 0 Å². The maximum Gasteiger partial charge on any atom is 0.243 e. The SMILES string of the molecule is COc1ccc(NC(=O)CN(C)c2nc3c(OC)cccc3s2)cc1. The molecule has 2 aromatic carbocycles. The number of fused-ring (bicyclic) bond motifs is 1. The molecule has 0 spiro atoms. The summed E-state index contributed by atoms with van der Waals surface area (Å²) in [5, 5.41) is 3.63. The molecule has 1 amide bonds. The summed E-state index contributed by atoms with van der Waals surface area (Å²) in [6.45, 7) is 0.203. The molecule has 0 bridgehead atoms. The lowest BCUT2D eigenvalue weighted by molar-refractivity contribution is -0.114. The molecule has 0 atom stereocenters. The number of benzene rings is 2. The molecule has 0 saturated heterocycles. The van der Waals surface area contributed by atoms with E-state index in [1.54, 1.807) is 38.5 Å². The van der Waals surface area contributed by atoms with Crippen LogP contribution >= 0.6 is 11.3 Å². The van der Waals surface area contributed by atoms with Gasteiger partial charge in [-0.25, -0.2) is 4.98 Å². The predicted molar refractivity (Wildman–Crippen MR) is 101 cm³/mol.